The highest BCUT2D eigenvalue weighted by atomic mass is 16.7. The molecule has 178 valence electrons. The predicted octanol–water partition coefficient (Wildman–Crippen LogP) is -0.114. The van der Waals surface area contributed by atoms with Gasteiger partial charge in [0.1, 0.15) is 30.2 Å². The van der Waals surface area contributed by atoms with Gasteiger partial charge in [-0.05, 0) is 47.9 Å². The lowest BCUT2D eigenvalue weighted by atomic mass is 9.99. The molecule has 0 aliphatic carbocycles. The molecular formula is C24H30N2O7. The van der Waals surface area contributed by atoms with E-state index in [1.54, 1.807) is 6.07 Å². The minimum atomic E-state index is -1.50. The van der Waals surface area contributed by atoms with Crippen LogP contribution in [-0.2, 0) is 4.74 Å². The summed E-state index contributed by atoms with van der Waals surface area (Å²) in [6.07, 6.45) is -6.70. The fourth-order valence-electron chi connectivity index (χ4n) is 4.13. The van der Waals surface area contributed by atoms with E-state index >= 15 is 0 Å². The number of aryl methyl sites for hydroxylation is 1. The maximum absolute atomic E-state index is 12.8. The van der Waals surface area contributed by atoms with Crippen LogP contribution in [0.1, 0.15) is 15.9 Å². The Morgan fingerprint density at radius 3 is 2.48 bits per heavy atom. The van der Waals surface area contributed by atoms with Crippen LogP contribution in [0, 0.1) is 6.92 Å². The summed E-state index contributed by atoms with van der Waals surface area (Å²) in [4.78, 5) is 14.7. The number of aliphatic hydroxyl groups is 4. The predicted molar refractivity (Wildman–Crippen MR) is 120 cm³/mol. The summed E-state index contributed by atoms with van der Waals surface area (Å²) >= 11 is 0. The minimum Gasteiger partial charge on any atom is -0.462 e. The first-order valence-corrected chi connectivity index (χ1v) is 11.1. The molecule has 9 nitrogen and oxygen atoms in total. The van der Waals surface area contributed by atoms with Crippen molar-refractivity contribution in [3.63, 3.8) is 0 Å². The van der Waals surface area contributed by atoms with E-state index in [1.165, 1.54) is 0 Å². The van der Waals surface area contributed by atoms with Crippen molar-refractivity contribution in [3.05, 3.63) is 53.6 Å². The monoisotopic (exact) mass is 458 g/mol. The number of benzene rings is 2. The molecule has 0 radical (unpaired) electrons. The van der Waals surface area contributed by atoms with Crippen molar-refractivity contribution in [2.24, 2.45) is 0 Å². The van der Waals surface area contributed by atoms with Crippen LogP contribution < -0.4 is 10.1 Å². The Bertz CT molecular complexity index is 977. The molecule has 0 bridgehead atoms. The zero-order valence-corrected chi connectivity index (χ0v) is 18.4. The van der Waals surface area contributed by atoms with Gasteiger partial charge in [0.25, 0.3) is 5.91 Å². The Balaban J connectivity index is 1.50. The van der Waals surface area contributed by atoms with Gasteiger partial charge in [-0.1, -0.05) is 18.2 Å². The molecule has 0 aromatic heterocycles. The number of amides is 1. The highest BCUT2D eigenvalue weighted by Crippen LogP contribution is 2.30. The summed E-state index contributed by atoms with van der Waals surface area (Å²) in [6.45, 7) is 4.27. The van der Waals surface area contributed by atoms with Crippen molar-refractivity contribution in [2.75, 3.05) is 32.8 Å². The van der Waals surface area contributed by atoms with Gasteiger partial charge in [0.2, 0.25) is 6.29 Å². The molecule has 33 heavy (non-hydrogen) atoms. The molecule has 0 unspecified atom stereocenters. The van der Waals surface area contributed by atoms with Crippen LogP contribution in [0.4, 0.5) is 0 Å². The van der Waals surface area contributed by atoms with Crippen LogP contribution in [-0.4, -0.2) is 94.7 Å². The molecule has 5 N–H and O–H groups in total. The first kappa shape index (κ1) is 23.6. The van der Waals surface area contributed by atoms with Crippen LogP contribution in [0.25, 0.3) is 11.1 Å². The molecule has 2 fully saturated rings. The van der Waals surface area contributed by atoms with E-state index in [2.05, 4.69) is 5.32 Å². The summed E-state index contributed by atoms with van der Waals surface area (Å²) < 4.78 is 11.2. The summed E-state index contributed by atoms with van der Waals surface area (Å²) in [5, 5.41) is 42.7. The van der Waals surface area contributed by atoms with Crippen LogP contribution in [0.5, 0.6) is 5.75 Å². The maximum atomic E-state index is 12.8. The van der Waals surface area contributed by atoms with E-state index in [-0.39, 0.29) is 5.91 Å². The van der Waals surface area contributed by atoms with E-state index < -0.39 is 37.3 Å². The molecule has 2 aromatic carbocycles. The third kappa shape index (κ3) is 5.03. The number of aliphatic hydroxyl groups excluding tert-OH is 4. The normalized spacial score (nSPS) is 27.9. The number of carbonyl (C=O) groups excluding carboxylic acids is 1. The van der Waals surface area contributed by atoms with E-state index in [0.717, 1.165) is 29.8 Å². The van der Waals surface area contributed by atoms with Gasteiger partial charge in [-0.2, -0.15) is 0 Å². The Morgan fingerprint density at radius 1 is 1.06 bits per heavy atom. The topological polar surface area (TPSA) is 132 Å². The minimum absolute atomic E-state index is 0.0117. The van der Waals surface area contributed by atoms with E-state index in [0.29, 0.717) is 24.4 Å². The Morgan fingerprint density at radius 2 is 1.79 bits per heavy atom. The van der Waals surface area contributed by atoms with Gasteiger partial charge in [0.05, 0.1) is 6.61 Å². The quantitative estimate of drug-likeness (QED) is 0.419. The highest BCUT2D eigenvalue weighted by Gasteiger charge is 2.44. The second-order valence-electron chi connectivity index (χ2n) is 8.42. The fourth-order valence-corrected chi connectivity index (χ4v) is 4.13. The van der Waals surface area contributed by atoms with Gasteiger partial charge in [-0.25, -0.2) is 0 Å². The van der Waals surface area contributed by atoms with Crippen LogP contribution in [0.15, 0.2) is 42.5 Å². The standard InChI is InChI=1S/C24H30N2O7/c1-14-11-16(15-3-2-4-17(12-15)23(31)26-9-7-25-8-10-26)5-6-18(14)32-24-22(30)21(29)20(28)19(13-27)33-24/h2-6,11-12,19-22,24-25,27-30H,7-10,13H2,1H3/t19-,20-,21+,22+,24+/m1/s1. The van der Waals surface area contributed by atoms with Crippen molar-refractivity contribution >= 4 is 5.91 Å². The molecule has 4 rings (SSSR count). The van der Waals surface area contributed by atoms with Crippen LogP contribution >= 0.6 is 0 Å². The molecule has 9 heteroatoms. The second-order valence-corrected chi connectivity index (χ2v) is 8.42. The number of piperazine rings is 1. The van der Waals surface area contributed by atoms with Gasteiger partial charge in [0.15, 0.2) is 0 Å². The summed E-state index contributed by atoms with van der Waals surface area (Å²) in [5.41, 5.74) is 3.17. The summed E-state index contributed by atoms with van der Waals surface area (Å²) in [7, 11) is 0. The smallest absolute Gasteiger partial charge is 0.253 e. The number of nitrogens with zero attached hydrogens (tertiary/aromatic N) is 1. The van der Waals surface area contributed by atoms with E-state index in [1.807, 2.05) is 48.2 Å². The molecule has 5 atom stereocenters. The number of carbonyl (C=O) groups is 1. The van der Waals surface area contributed by atoms with Crippen molar-refractivity contribution in [2.45, 2.75) is 37.6 Å². The van der Waals surface area contributed by atoms with E-state index in [4.69, 9.17) is 9.47 Å². The maximum Gasteiger partial charge on any atom is 0.253 e. The molecule has 0 spiro atoms. The fraction of sp³-hybridized carbons (Fsp3) is 0.458. The molecule has 2 saturated heterocycles. The molecule has 2 heterocycles. The highest BCUT2D eigenvalue weighted by molar-refractivity contribution is 5.95. The third-order valence-corrected chi connectivity index (χ3v) is 6.11. The van der Waals surface area contributed by atoms with Gasteiger partial charge in [-0.3, -0.25) is 4.79 Å². The van der Waals surface area contributed by atoms with Crippen LogP contribution in [0.2, 0.25) is 0 Å². The van der Waals surface area contributed by atoms with Gasteiger partial charge >= 0.3 is 0 Å². The summed E-state index contributed by atoms with van der Waals surface area (Å²) in [5.74, 6) is 0.439. The Hall–Kier alpha value is -2.53. The lowest BCUT2D eigenvalue weighted by molar-refractivity contribution is -0.277. The lowest BCUT2D eigenvalue weighted by Crippen LogP contribution is -2.60. The van der Waals surface area contributed by atoms with Crippen molar-refractivity contribution in [3.8, 4) is 16.9 Å². The van der Waals surface area contributed by atoms with Crippen molar-refractivity contribution in [1.82, 2.24) is 10.2 Å². The molecule has 0 saturated carbocycles. The van der Waals surface area contributed by atoms with Gasteiger partial charge < -0.3 is 40.1 Å². The van der Waals surface area contributed by atoms with Gasteiger partial charge in [0, 0.05) is 31.7 Å². The number of rotatable bonds is 5. The van der Waals surface area contributed by atoms with Crippen molar-refractivity contribution in [1.29, 1.82) is 0 Å². The number of nitrogens with one attached hydrogen (secondary N) is 1. The van der Waals surface area contributed by atoms with Crippen molar-refractivity contribution < 1.29 is 34.7 Å². The largest absolute Gasteiger partial charge is 0.462 e. The average Bonchev–Trinajstić information content (AvgIpc) is 2.85. The lowest BCUT2D eigenvalue weighted by Gasteiger charge is -2.39. The third-order valence-electron chi connectivity index (χ3n) is 6.11. The SMILES string of the molecule is Cc1cc(-c2cccc(C(=O)N3CCNCC3)c2)ccc1O[C@H]1O[C@H](CO)[C@@H](O)[C@H](O)[C@@H]1O. The average molecular weight is 459 g/mol. The van der Waals surface area contributed by atoms with E-state index in [9.17, 15) is 25.2 Å². The zero-order valence-electron chi connectivity index (χ0n) is 18.4. The first-order chi connectivity index (χ1) is 15.9. The number of ether oxygens (including phenoxy) is 2. The molecule has 2 aliphatic rings. The molecule has 2 aliphatic heterocycles. The molecular weight excluding hydrogens is 428 g/mol. The Labute approximate surface area is 192 Å². The van der Waals surface area contributed by atoms with Gasteiger partial charge in [-0.15, -0.1) is 0 Å². The Kier molecular flexibility index (Phi) is 7.28. The summed E-state index contributed by atoms with van der Waals surface area (Å²) in [6, 6.07) is 12.9. The zero-order chi connectivity index (χ0) is 23.5. The van der Waals surface area contributed by atoms with Crippen LogP contribution in [0.3, 0.4) is 0 Å². The number of hydrogen-bond acceptors (Lipinski definition) is 8. The number of hydrogen-bond donors (Lipinski definition) is 5. The molecule has 2 aromatic rings. The first-order valence-electron chi connectivity index (χ1n) is 11.1. The molecule has 1 amide bonds. The second kappa shape index (κ2) is 10.2.